The third kappa shape index (κ3) is 6.17. The van der Waals surface area contributed by atoms with E-state index >= 15 is 0 Å². The van der Waals surface area contributed by atoms with Crippen LogP contribution in [0.25, 0.3) is 0 Å². The first-order chi connectivity index (χ1) is 11.4. The van der Waals surface area contributed by atoms with Crippen molar-refractivity contribution >= 4 is 0 Å². The summed E-state index contributed by atoms with van der Waals surface area (Å²) in [5.74, 6) is 0. The molecule has 1 aromatic carbocycles. The molecule has 0 bridgehead atoms. The average Bonchev–Trinajstić information content (AvgIpc) is 2.53. The molecule has 1 aliphatic heterocycles. The molecule has 1 atom stereocenters. The Labute approximate surface area is 146 Å². The van der Waals surface area contributed by atoms with E-state index in [1.807, 2.05) is 0 Å². The van der Waals surface area contributed by atoms with Crippen LogP contribution in [0.5, 0.6) is 0 Å². The van der Waals surface area contributed by atoms with Gasteiger partial charge in [-0.15, -0.1) is 0 Å². The number of hydrogen-bond acceptors (Lipinski definition) is 4. The molecule has 0 radical (unpaired) electrons. The number of aliphatic hydroxyl groups excluding tert-OH is 1. The Hall–Kier alpha value is -0.940. The molecule has 1 N–H and O–H groups in total. The van der Waals surface area contributed by atoms with Gasteiger partial charge in [0.05, 0.1) is 18.8 Å². The smallest absolute Gasteiger partial charge is 0.0900 e. The van der Waals surface area contributed by atoms with Crippen molar-refractivity contribution in [1.29, 1.82) is 0 Å². The zero-order chi connectivity index (χ0) is 17.6. The highest BCUT2D eigenvalue weighted by molar-refractivity contribution is 5.27. The molecule has 0 saturated carbocycles. The standard InChI is InChI=1S/C20H33NO3/c1-16-5-7-17(8-6-16)20(2,3)15-21(4)13-18(22)14-24-19-9-11-23-12-10-19/h5-8,18-19,22H,9-15H2,1-4H3. The Morgan fingerprint density at radius 1 is 1.25 bits per heavy atom. The number of rotatable bonds is 8. The summed E-state index contributed by atoms with van der Waals surface area (Å²) in [4.78, 5) is 2.19. The predicted molar refractivity (Wildman–Crippen MR) is 97.5 cm³/mol. The first-order valence-corrected chi connectivity index (χ1v) is 9.00. The zero-order valence-corrected chi connectivity index (χ0v) is 15.6. The minimum absolute atomic E-state index is 0.0454. The van der Waals surface area contributed by atoms with Gasteiger partial charge in [-0.3, -0.25) is 0 Å². The largest absolute Gasteiger partial charge is 0.389 e. The fraction of sp³-hybridized carbons (Fsp3) is 0.700. The third-order valence-corrected chi connectivity index (χ3v) is 4.71. The quantitative estimate of drug-likeness (QED) is 0.793. The van der Waals surface area contributed by atoms with Crippen LogP contribution in [0.3, 0.4) is 0 Å². The van der Waals surface area contributed by atoms with Crippen molar-refractivity contribution in [1.82, 2.24) is 4.90 Å². The van der Waals surface area contributed by atoms with Gasteiger partial charge in [-0.25, -0.2) is 0 Å². The highest BCUT2D eigenvalue weighted by Gasteiger charge is 2.24. The van der Waals surface area contributed by atoms with Gasteiger partial charge in [0.2, 0.25) is 0 Å². The van der Waals surface area contributed by atoms with Gasteiger partial charge in [0.25, 0.3) is 0 Å². The second-order valence-electron chi connectivity index (χ2n) is 7.75. The Morgan fingerprint density at radius 3 is 2.50 bits per heavy atom. The summed E-state index contributed by atoms with van der Waals surface area (Å²) >= 11 is 0. The van der Waals surface area contributed by atoms with Gasteiger partial charge in [0.1, 0.15) is 0 Å². The van der Waals surface area contributed by atoms with E-state index in [4.69, 9.17) is 9.47 Å². The highest BCUT2D eigenvalue weighted by atomic mass is 16.5. The summed E-state index contributed by atoms with van der Waals surface area (Å²) in [5.41, 5.74) is 2.65. The number of nitrogens with zero attached hydrogens (tertiary/aromatic N) is 1. The Kier molecular flexibility index (Phi) is 7.23. The molecule has 0 aromatic heterocycles. The maximum absolute atomic E-state index is 10.3. The normalized spacial score (nSPS) is 18.1. The van der Waals surface area contributed by atoms with Crippen molar-refractivity contribution in [3.63, 3.8) is 0 Å². The average molecular weight is 335 g/mol. The summed E-state index contributed by atoms with van der Waals surface area (Å²) in [6, 6.07) is 8.73. The van der Waals surface area contributed by atoms with E-state index < -0.39 is 6.10 Å². The number of likely N-dealkylation sites (N-methyl/N-ethyl adjacent to an activating group) is 1. The zero-order valence-electron chi connectivity index (χ0n) is 15.6. The molecule has 1 aromatic rings. The minimum Gasteiger partial charge on any atom is -0.389 e. The lowest BCUT2D eigenvalue weighted by Gasteiger charge is -2.32. The topological polar surface area (TPSA) is 41.9 Å². The molecule has 2 rings (SSSR count). The monoisotopic (exact) mass is 335 g/mol. The second-order valence-corrected chi connectivity index (χ2v) is 7.75. The highest BCUT2D eigenvalue weighted by Crippen LogP contribution is 2.24. The number of aliphatic hydroxyl groups is 1. The van der Waals surface area contributed by atoms with Gasteiger partial charge in [-0.05, 0) is 32.4 Å². The van der Waals surface area contributed by atoms with Gasteiger partial charge < -0.3 is 19.5 Å². The number of aryl methyl sites for hydroxylation is 1. The van der Waals surface area contributed by atoms with Crippen molar-refractivity contribution in [2.45, 2.75) is 51.2 Å². The minimum atomic E-state index is -0.452. The lowest BCUT2D eigenvalue weighted by molar-refractivity contribution is -0.0636. The van der Waals surface area contributed by atoms with Crippen molar-refractivity contribution in [3.8, 4) is 0 Å². The molecule has 136 valence electrons. The van der Waals surface area contributed by atoms with Crippen molar-refractivity contribution < 1.29 is 14.6 Å². The van der Waals surface area contributed by atoms with E-state index in [0.29, 0.717) is 13.2 Å². The van der Waals surface area contributed by atoms with Crippen LogP contribution in [0.2, 0.25) is 0 Å². The predicted octanol–water partition coefficient (Wildman–Crippen LogP) is 2.76. The molecular weight excluding hydrogens is 302 g/mol. The number of hydrogen-bond donors (Lipinski definition) is 1. The van der Waals surface area contributed by atoms with Gasteiger partial charge in [0.15, 0.2) is 0 Å². The van der Waals surface area contributed by atoms with E-state index in [2.05, 4.69) is 57.0 Å². The summed E-state index contributed by atoms with van der Waals surface area (Å²) in [5, 5.41) is 10.3. The van der Waals surface area contributed by atoms with Crippen LogP contribution in [0.4, 0.5) is 0 Å². The van der Waals surface area contributed by atoms with Crippen LogP contribution in [-0.4, -0.2) is 62.2 Å². The van der Waals surface area contributed by atoms with E-state index in [1.54, 1.807) is 0 Å². The maximum atomic E-state index is 10.3. The van der Waals surface area contributed by atoms with Gasteiger partial charge >= 0.3 is 0 Å². The molecule has 1 unspecified atom stereocenters. The summed E-state index contributed by atoms with van der Waals surface area (Å²) in [7, 11) is 2.06. The molecule has 4 nitrogen and oxygen atoms in total. The summed E-state index contributed by atoms with van der Waals surface area (Å²) in [6.45, 7) is 10.1. The molecule has 0 spiro atoms. The van der Waals surface area contributed by atoms with E-state index in [0.717, 1.165) is 32.6 Å². The summed E-state index contributed by atoms with van der Waals surface area (Å²) in [6.07, 6.45) is 1.65. The lowest BCUT2D eigenvalue weighted by atomic mass is 9.84. The molecule has 0 aliphatic carbocycles. The Bertz CT molecular complexity index is 480. The maximum Gasteiger partial charge on any atom is 0.0900 e. The Morgan fingerprint density at radius 2 is 1.88 bits per heavy atom. The van der Waals surface area contributed by atoms with Crippen molar-refractivity contribution in [3.05, 3.63) is 35.4 Å². The summed E-state index contributed by atoms with van der Waals surface area (Å²) < 4.78 is 11.1. The van der Waals surface area contributed by atoms with Gasteiger partial charge in [-0.1, -0.05) is 43.7 Å². The van der Waals surface area contributed by atoms with E-state index in [1.165, 1.54) is 11.1 Å². The van der Waals surface area contributed by atoms with Crippen LogP contribution in [0.15, 0.2) is 24.3 Å². The lowest BCUT2D eigenvalue weighted by Crippen LogP contribution is -2.40. The van der Waals surface area contributed by atoms with E-state index in [9.17, 15) is 5.11 Å². The van der Waals surface area contributed by atoms with Crippen molar-refractivity contribution in [2.24, 2.45) is 0 Å². The van der Waals surface area contributed by atoms with Crippen LogP contribution >= 0.6 is 0 Å². The molecule has 1 aliphatic rings. The third-order valence-electron chi connectivity index (χ3n) is 4.71. The molecule has 4 heteroatoms. The first kappa shape index (κ1) is 19.4. The fourth-order valence-electron chi connectivity index (χ4n) is 3.34. The van der Waals surface area contributed by atoms with Crippen LogP contribution in [0.1, 0.15) is 37.8 Å². The molecule has 1 saturated heterocycles. The number of benzene rings is 1. The van der Waals surface area contributed by atoms with Crippen LogP contribution in [-0.2, 0) is 14.9 Å². The SMILES string of the molecule is Cc1ccc(C(C)(C)CN(C)CC(O)COC2CCOCC2)cc1. The fourth-order valence-corrected chi connectivity index (χ4v) is 3.34. The van der Waals surface area contributed by atoms with Gasteiger partial charge in [-0.2, -0.15) is 0 Å². The second kappa shape index (κ2) is 8.95. The molecular formula is C20H33NO3. The molecule has 1 heterocycles. The molecule has 0 amide bonds. The first-order valence-electron chi connectivity index (χ1n) is 9.00. The molecule has 1 fully saturated rings. The van der Waals surface area contributed by atoms with Gasteiger partial charge in [0, 0.05) is 31.7 Å². The molecule has 24 heavy (non-hydrogen) atoms. The van der Waals surface area contributed by atoms with Crippen LogP contribution in [0, 0.1) is 6.92 Å². The Balaban J connectivity index is 1.76. The van der Waals surface area contributed by atoms with E-state index in [-0.39, 0.29) is 11.5 Å². The van der Waals surface area contributed by atoms with Crippen LogP contribution < -0.4 is 0 Å². The van der Waals surface area contributed by atoms with Crippen molar-refractivity contribution in [2.75, 3.05) is 40.0 Å². The number of ether oxygens (including phenoxy) is 2.